The highest BCUT2D eigenvalue weighted by Gasteiger charge is 2.30. The largest absolute Gasteiger partial charge is 0.464 e. The quantitative estimate of drug-likeness (QED) is 0.875. The van der Waals surface area contributed by atoms with Crippen LogP contribution in [-0.2, 0) is 16.0 Å². The molecule has 2 heterocycles. The van der Waals surface area contributed by atoms with E-state index < -0.39 is 0 Å². The SMILES string of the molecule is O=C(N[C@@H]1CC(=O)N(CCc2ccccc2)C1)C1=Cc2ccccc2OC=C1. The summed E-state index contributed by atoms with van der Waals surface area (Å²) in [5, 5.41) is 2.99. The Morgan fingerprint density at radius 3 is 2.75 bits per heavy atom. The third kappa shape index (κ3) is 4.14. The zero-order valence-electron chi connectivity index (χ0n) is 15.5. The molecule has 5 heteroatoms. The van der Waals surface area contributed by atoms with Gasteiger partial charge < -0.3 is 15.0 Å². The molecule has 2 aliphatic rings. The summed E-state index contributed by atoms with van der Waals surface area (Å²) >= 11 is 0. The highest BCUT2D eigenvalue weighted by atomic mass is 16.5. The number of nitrogens with zero attached hydrogens (tertiary/aromatic N) is 1. The maximum Gasteiger partial charge on any atom is 0.251 e. The van der Waals surface area contributed by atoms with Gasteiger partial charge in [0.15, 0.2) is 0 Å². The van der Waals surface area contributed by atoms with Crippen LogP contribution in [0.15, 0.2) is 72.5 Å². The number of nitrogens with one attached hydrogen (secondary N) is 1. The Morgan fingerprint density at radius 2 is 1.89 bits per heavy atom. The normalized spacial score (nSPS) is 18.1. The van der Waals surface area contributed by atoms with Crippen LogP contribution in [0.4, 0.5) is 0 Å². The van der Waals surface area contributed by atoms with Gasteiger partial charge in [0, 0.05) is 30.6 Å². The van der Waals surface area contributed by atoms with Crippen molar-refractivity contribution in [3.63, 3.8) is 0 Å². The maximum absolute atomic E-state index is 12.7. The minimum atomic E-state index is -0.195. The van der Waals surface area contributed by atoms with E-state index in [1.807, 2.05) is 47.4 Å². The van der Waals surface area contributed by atoms with Crippen molar-refractivity contribution < 1.29 is 14.3 Å². The zero-order valence-corrected chi connectivity index (χ0v) is 15.5. The minimum absolute atomic E-state index is 0.0836. The Balaban J connectivity index is 1.36. The number of para-hydroxylation sites is 1. The van der Waals surface area contributed by atoms with Gasteiger partial charge in [0.05, 0.1) is 12.3 Å². The van der Waals surface area contributed by atoms with Crippen molar-refractivity contribution in [2.75, 3.05) is 13.1 Å². The standard InChI is InChI=1S/C23H22N2O3/c26-22-15-20(16-25(22)12-10-17-6-2-1-3-7-17)24-23(27)19-11-13-28-21-9-5-4-8-18(21)14-19/h1-9,11,13-14,20H,10,12,15-16H2,(H,24,27)/t20-/m1/s1. The van der Waals surface area contributed by atoms with Crippen LogP contribution in [0.3, 0.4) is 0 Å². The number of rotatable bonds is 5. The molecule has 2 aromatic carbocycles. The molecule has 2 aliphatic heterocycles. The van der Waals surface area contributed by atoms with Gasteiger partial charge in [-0.15, -0.1) is 0 Å². The molecule has 1 fully saturated rings. The second-order valence-corrected chi connectivity index (χ2v) is 7.01. The third-order valence-electron chi connectivity index (χ3n) is 5.00. The van der Waals surface area contributed by atoms with Gasteiger partial charge in [-0.05, 0) is 30.2 Å². The third-order valence-corrected chi connectivity index (χ3v) is 5.00. The molecular weight excluding hydrogens is 352 g/mol. The number of likely N-dealkylation sites (tertiary alicyclic amines) is 1. The van der Waals surface area contributed by atoms with Crippen LogP contribution in [0.2, 0.25) is 0 Å². The fourth-order valence-corrected chi connectivity index (χ4v) is 3.51. The van der Waals surface area contributed by atoms with E-state index in [-0.39, 0.29) is 17.9 Å². The number of hydrogen-bond acceptors (Lipinski definition) is 3. The monoisotopic (exact) mass is 374 g/mol. The van der Waals surface area contributed by atoms with Gasteiger partial charge in [-0.3, -0.25) is 9.59 Å². The summed E-state index contributed by atoms with van der Waals surface area (Å²) in [7, 11) is 0. The van der Waals surface area contributed by atoms with E-state index >= 15 is 0 Å². The first-order valence-electron chi connectivity index (χ1n) is 9.45. The molecule has 28 heavy (non-hydrogen) atoms. The van der Waals surface area contributed by atoms with Crippen molar-refractivity contribution >= 4 is 17.9 Å². The lowest BCUT2D eigenvalue weighted by atomic mass is 10.1. The van der Waals surface area contributed by atoms with Crippen molar-refractivity contribution in [3.8, 4) is 5.75 Å². The lowest BCUT2D eigenvalue weighted by Gasteiger charge is -2.17. The number of ether oxygens (including phenoxy) is 1. The Hall–Kier alpha value is -3.34. The van der Waals surface area contributed by atoms with E-state index in [4.69, 9.17) is 4.74 Å². The molecule has 2 amide bonds. The number of carbonyl (C=O) groups excluding carboxylic acids is 2. The van der Waals surface area contributed by atoms with Gasteiger partial charge in [-0.25, -0.2) is 0 Å². The van der Waals surface area contributed by atoms with Crippen LogP contribution in [0, 0.1) is 0 Å². The van der Waals surface area contributed by atoms with Crippen LogP contribution in [0.1, 0.15) is 17.5 Å². The summed E-state index contributed by atoms with van der Waals surface area (Å²) in [5.41, 5.74) is 2.57. The Bertz CT molecular complexity index is 934. The molecule has 0 bridgehead atoms. The van der Waals surface area contributed by atoms with E-state index in [0.29, 0.717) is 30.8 Å². The average molecular weight is 374 g/mol. The smallest absolute Gasteiger partial charge is 0.251 e. The highest BCUT2D eigenvalue weighted by Crippen LogP contribution is 2.24. The molecule has 4 rings (SSSR count). The molecule has 5 nitrogen and oxygen atoms in total. The number of benzene rings is 2. The second-order valence-electron chi connectivity index (χ2n) is 7.01. The molecule has 1 N–H and O–H groups in total. The van der Waals surface area contributed by atoms with Crippen LogP contribution in [-0.4, -0.2) is 35.8 Å². The molecule has 1 atom stereocenters. The fraction of sp³-hybridized carbons (Fsp3) is 0.217. The molecule has 0 radical (unpaired) electrons. The molecule has 0 spiro atoms. The predicted octanol–water partition coefficient (Wildman–Crippen LogP) is 2.94. The number of hydrogen-bond donors (Lipinski definition) is 1. The first-order chi connectivity index (χ1) is 13.7. The van der Waals surface area contributed by atoms with E-state index in [0.717, 1.165) is 12.0 Å². The fourth-order valence-electron chi connectivity index (χ4n) is 3.51. The Kier molecular flexibility index (Phi) is 5.24. The topological polar surface area (TPSA) is 58.6 Å². The molecule has 0 unspecified atom stereocenters. The Morgan fingerprint density at radius 1 is 1.11 bits per heavy atom. The summed E-state index contributed by atoms with van der Waals surface area (Å²) in [6.45, 7) is 1.21. The number of carbonyl (C=O) groups is 2. The maximum atomic E-state index is 12.7. The van der Waals surface area contributed by atoms with Gasteiger partial charge in [0.25, 0.3) is 5.91 Å². The first kappa shape index (κ1) is 18.0. The van der Waals surface area contributed by atoms with Gasteiger partial charge in [-0.1, -0.05) is 48.5 Å². The molecule has 0 aliphatic carbocycles. The summed E-state index contributed by atoms with van der Waals surface area (Å²) in [4.78, 5) is 26.8. The zero-order chi connectivity index (χ0) is 19.3. The van der Waals surface area contributed by atoms with Crippen LogP contribution < -0.4 is 10.1 Å². The van der Waals surface area contributed by atoms with Gasteiger partial charge in [0.2, 0.25) is 5.91 Å². The summed E-state index contributed by atoms with van der Waals surface area (Å²) in [6.07, 6.45) is 6.13. The van der Waals surface area contributed by atoms with Gasteiger partial charge in [0.1, 0.15) is 5.75 Å². The molecular formula is C23H22N2O3. The van der Waals surface area contributed by atoms with E-state index in [9.17, 15) is 9.59 Å². The highest BCUT2D eigenvalue weighted by molar-refractivity contribution is 6.01. The molecule has 0 aromatic heterocycles. The minimum Gasteiger partial charge on any atom is -0.464 e. The van der Waals surface area contributed by atoms with Crippen LogP contribution in [0.5, 0.6) is 5.75 Å². The van der Waals surface area contributed by atoms with Gasteiger partial charge >= 0.3 is 0 Å². The molecule has 2 aromatic rings. The van der Waals surface area contributed by atoms with Crippen molar-refractivity contribution in [1.29, 1.82) is 0 Å². The van der Waals surface area contributed by atoms with E-state index in [2.05, 4.69) is 17.4 Å². The van der Waals surface area contributed by atoms with Crippen molar-refractivity contribution in [2.24, 2.45) is 0 Å². The summed E-state index contributed by atoms with van der Waals surface area (Å²) in [6, 6.07) is 17.5. The molecule has 1 saturated heterocycles. The predicted molar refractivity (Wildman–Crippen MR) is 107 cm³/mol. The number of amides is 2. The van der Waals surface area contributed by atoms with Crippen LogP contribution >= 0.6 is 0 Å². The molecule has 0 saturated carbocycles. The lowest BCUT2D eigenvalue weighted by molar-refractivity contribution is -0.127. The van der Waals surface area contributed by atoms with Crippen molar-refractivity contribution in [1.82, 2.24) is 10.2 Å². The average Bonchev–Trinajstić information content (AvgIpc) is 2.92. The van der Waals surface area contributed by atoms with Crippen LogP contribution in [0.25, 0.3) is 6.08 Å². The lowest BCUT2D eigenvalue weighted by Crippen LogP contribution is -2.38. The first-order valence-corrected chi connectivity index (χ1v) is 9.45. The van der Waals surface area contributed by atoms with Crippen molar-refractivity contribution in [3.05, 3.63) is 83.6 Å². The summed E-state index contributed by atoms with van der Waals surface area (Å²) in [5.74, 6) is 0.601. The van der Waals surface area contributed by atoms with Crippen molar-refractivity contribution in [2.45, 2.75) is 18.9 Å². The molecule has 142 valence electrons. The Labute approximate surface area is 164 Å². The van der Waals surface area contributed by atoms with E-state index in [1.165, 1.54) is 11.8 Å². The number of fused-ring (bicyclic) bond motifs is 1. The van der Waals surface area contributed by atoms with E-state index in [1.54, 1.807) is 12.2 Å². The summed E-state index contributed by atoms with van der Waals surface area (Å²) < 4.78 is 5.53. The van der Waals surface area contributed by atoms with Gasteiger partial charge in [-0.2, -0.15) is 0 Å². The second kappa shape index (κ2) is 8.13.